The van der Waals surface area contributed by atoms with Gasteiger partial charge in [0, 0.05) is 19.3 Å². The van der Waals surface area contributed by atoms with Gasteiger partial charge in [0.1, 0.15) is 107 Å². The van der Waals surface area contributed by atoms with Crippen LogP contribution in [0.4, 0.5) is 45.0 Å². The number of anilines is 3. The van der Waals surface area contributed by atoms with E-state index >= 15 is 0 Å². The molecule has 0 saturated carbocycles. The maximum absolute atomic E-state index is 14.8. The minimum Gasteiger partial charge on any atom is -0.444 e. The number of Topliss-reactive ketones (excluding diaryl/α,β-unsaturated/α-hetero) is 3. The number of aromatic nitrogens is 6. The van der Waals surface area contributed by atoms with Crippen LogP contribution in [0, 0.1) is 17.5 Å². The average Bonchev–Trinajstić information content (AvgIpc) is 1.68. The molecule has 624 valence electrons. The van der Waals surface area contributed by atoms with Crippen LogP contribution in [0.25, 0.3) is 0 Å². The van der Waals surface area contributed by atoms with Gasteiger partial charge >= 0.3 is 35.3 Å². The van der Waals surface area contributed by atoms with Crippen LogP contribution in [0.2, 0.25) is 0 Å². The zero-order valence-corrected chi connectivity index (χ0v) is 63.8. The molecular formula is C69H105F3N12O27. The van der Waals surface area contributed by atoms with Crippen molar-refractivity contribution in [1.29, 1.82) is 0 Å². The fraction of sp³-hybridized carbons (Fsp3) is 0.696. The predicted molar refractivity (Wildman–Crippen MR) is 381 cm³/mol. The van der Waals surface area contributed by atoms with Gasteiger partial charge in [-0.2, -0.15) is 15.0 Å². The molecule has 15 atom stereocenters. The van der Waals surface area contributed by atoms with Crippen molar-refractivity contribution in [2.24, 2.45) is 0 Å². The van der Waals surface area contributed by atoms with E-state index in [-0.39, 0.29) is 36.6 Å². The number of unbranched alkanes of at least 4 members (excludes halogenated alkanes) is 6. The van der Waals surface area contributed by atoms with Gasteiger partial charge in [0.15, 0.2) is 53.6 Å². The SMILES string of the molecule is CC(=O)CCCCCC(NC(=O)OC(C)(C)C)C(=O)Nc1nc(=O)n([C@@H]2O[C@H](CO)[C@H](O)C2O)cc1F.CC(=O)CCCCC[C@@H](NC(=O)OC(C)(C)C)C(=O)Nc1nc(=O)n([C@@H]2O[C@H](CO)[C@H](O)C2O)cc1F.CC(=O)CCCCC[C@H](NC(=O)OC(C)(C)C)C(=O)Nc1nc(=O)n([C@@H]2O[C@H](CO)[C@H](O)C2O)cc1F. The Hall–Kier alpha value is -8.82. The van der Waals surface area contributed by atoms with Crippen molar-refractivity contribution in [3.63, 3.8) is 0 Å². The van der Waals surface area contributed by atoms with Crippen LogP contribution < -0.4 is 49.0 Å². The Morgan fingerprint density at radius 1 is 0.405 bits per heavy atom. The fourth-order valence-electron chi connectivity index (χ4n) is 10.9. The highest BCUT2D eigenvalue weighted by atomic mass is 19.1. The average molecular weight is 1590 g/mol. The van der Waals surface area contributed by atoms with Gasteiger partial charge < -0.3 is 121 Å². The van der Waals surface area contributed by atoms with Crippen LogP contribution in [0.5, 0.6) is 0 Å². The molecule has 3 aliphatic rings. The molecule has 42 heteroatoms. The molecule has 0 aliphatic carbocycles. The molecule has 3 saturated heterocycles. The molecule has 15 N–H and O–H groups in total. The zero-order valence-electron chi connectivity index (χ0n) is 63.8. The minimum atomic E-state index is -1.64. The molecule has 4 unspecified atom stereocenters. The number of nitrogens with one attached hydrogen (secondary N) is 6. The predicted octanol–water partition coefficient (Wildman–Crippen LogP) is 1.10. The lowest BCUT2D eigenvalue weighted by Gasteiger charge is -2.23. The van der Waals surface area contributed by atoms with Crippen LogP contribution in [0.3, 0.4) is 0 Å². The van der Waals surface area contributed by atoms with Crippen molar-refractivity contribution in [2.75, 3.05) is 35.8 Å². The Bertz CT molecular complexity index is 3460. The molecule has 6 heterocycles. The second-order valence-corrected chi connectivity index (χ2v) is 29.5. The molecule has 3 aromatic heterocycles. The topological polar surface area (TPSA) is 568 Å². The normalized spacial score (nSPS) is 22.4. The molecule has 39 nitrogen and oxygen atoms in total. The molecule has 0 spiro atoms. The number of ketones is 3. The lowest BCUT2D eigenvalue weighted by molar-refractivity contribution is -0.119. The Labute approximate surface area is 635 Å². The van der Waals surface area contributed by atoms with E-state index in [1.165, 1.54) is 20.8 Å². The minimum absolute atomic E-state index is 0.0365. The Balaban J connectivity index is 0.000000351. The summed E-state index contributed by atoms with van der Waals surface area (Å²) in [6, 6.07) is -3.47. The first-order chi connectivity index (χ1) is 51.7. The molecule has 3 aliphatic heterocycles. The van der Waals surface area contributed by atoms with Gasteiger partial charge in [0.2, 0.25) is 17.7 Å². The monoisotopic (exact) mass is 1590 g/mol. The second-order valence-electron chi connectivity index (χ2n) is 29.5. The van der Waals surface area contributed by atoms with E-state index in [2.05, 4.69) is 46.9 Å². The van der Waals surface area contributed by atoms with Crippen molar-refractivity contribution >= 4 is 70.8 Å². The summed E-state index contributed by atoms with van der Waals surface area (Å²) in [5, 5.41) is 101. The van der Waals surface area contributed by atoms with Crippen molar-refractivity contribution < 1.29 is 131 Å². The van der Waals surface area contributed by atoms with Gasteiger partial charge in [-0.15, -0.1) is 0 Å². The van der Waals surface area contributed by atoms with E-state index in [0.29, 0.717) is 109 Å². The van der Waals surface area contributed by atoms with Gasteiger partial charge in [-0.3, -0.25) is 28.1 Å². The second kappa shape index (κ2) is 43.3. The maximum atomic E-state index is 14.8. The van der Waals surface area contributed by atoms with Crippen LogP contribution >= 0.6 is 0 Å². The molecule has 6 rings (SSSR count). The first-order valence-corrected chi connectivity index (χ1v) is 35.8. The highest BCUT2D eigenvalue weighted by Gasteiger charge is 2.47. The van der Waals surface area contributed by atoms with E-state index in [1.807, 2.05) is 0 Å². The summed E-state index contributed by atoms with van der Waals surface area (Å²) < 4.78 is 77.4. The summed E-state index contributed by atoms with van der Waals surface area (Å²) in [6.45, 7) is 17.3. The number of nitrogens with zero attached hydrogens (tertiary/aromatic N) is 6. The first-order valence-electron chi connectivity index (χ1n) is 35.8. The van der Waals surface area contributed by atoms with E-state index in [0.717, 1.165) is 0 Å². The molecule has 0 bridgehead atoms. The van der Waals surface area contributed by atoms with Gasteiger partial charge in [0.25, 0.3) is 0 Å². The number of carbonyl (C=O) groups is 9. The number of aliphatic hydroxyl groups is 9. The first kappa shape index (κ1) is 94.6. The Kier molecular flexibility index (Phi) is 36.9. The summed E-state index contributed by atoms with van der Waals surface area (Å²) in [6.07, 6.45) is -11.7. The van der Waals surface area contributed by atoms with E-state index in [4.69, 9.17) is 28.4 Å². The van der Waals surface area contributed by atoms with Gasteiger partial charge in [0.05, 0.1) is 38.4 Å². The smallest absolute Gasteiger partial charge is 0.408 e. The van der Waals surface area contributed by atoms with E-state index < -0.39 is 216 Å². The highest BCUT2D eigenvalue weighted by molar-refractivity contribution is 5.97. The Morgan fingerprint density at radius 3 is 0.820 bits per heavy atom. The van der Waals surface area contributed by atoms with Crippen LogP contribution in [0.15, 0.2) is 33.0 Å². The summed E-state index contributed by atoms with van der Waals surface area (Å²) in [5.74, 6) is -8.05. The van der Waals surface area contributed by atoms with Crippen LogP contribution in [-0.2, 0) is 57.2 Å². The number of rotatable bonds is 33. The van der Waals surface area contributed by atoms with E-state index in [1.54, 1.807) is 62.3 Å². The maximum Gasteiger partial charge on any atom is 0.408 e. The number of ether oxygens (including phenoxy) is 6. The third kappa shape index (κ3) is 30.7. The standard InChI is InChI=1S/3C23H35FN4O9/c3*1-12(30)8-6-5-7-9-14(25-22(35)37-23(2,3)4)19(33)26-18-13(24)10-28(21(34)27-18)20-17(32)16(31)15(11-29)36-20/h3*10,14-17,20,29,31-32H,5-9,11H2,1-4H3,(H,25,35)(H,26,27,33,34)/t14?,15-,16+,17?,20-;14-,15+,16-,17?,20+;14-,15-,16+,17?,20-/m101/s1. The number of halogens is 3. The third-order valence-corrected chi connectivity index (χ3v) is 16.4. The van der Waals surface area contributed by atoms with Crippen molar-refractivity contribution in [1.82, 2.24) is 44.6 Å². The highest BCUT2D eigenvalue weighted by Crippen LogP contribution is 2.32. The third-order valence-electron chi connectivity index (χ3n) is 16.4. The van der Waals surface area contributed by atoms with Crippen LogP contribution in [-0.4, -0.2) is 238 Å². The van der Waals surface area contributed by atoms with Crippen molar-refractivity contribution in [3.8, 4) is 0 Å². The zero-order chi connectivity index (χ0) is 83.7. The molecule has 0 aromatic carbocycles. The molecular weight excluding hydrogens is 1490 g/mol. The summed E-state index contributed by atoms with van der Waals surface area (Å²) in [4.78, 5) is 157. The molecule has 6 amide bonds. The largest absolute Gasteiger partial charge is 0.444 e. The van der Waals surface area contributed by atoms with Crippen molar-refractivity contribution in [3.05, 3.63) is 67.5 Å². The van der Waals surface area contributed by atoms with E-state index in [9.17, 15) is 117 Å². The van der Waals surface area contributed by atoms with Crippen molar-refractivity contribution in [2.45, 2.75) is 288 Å². The number of hydrogen-bond acceptors (Lipinski definition) is 30. The number of aliphatic hydroxyl groups excluding tert-OH is 9. The number of hydrogen-bond donors (Lipinski definition) is 15. The molecule has 3 aromatic rings. The quantitative estimate of drug-likeness (QED) is 0.0300. The summed E-state index contributed by atoms with van der Waals surface area (Å²) in [5.41, 5.74) is -5.81. The molecule has 111 heavy (non-hydrogen) atoms. The van der Waals surface area contributed by atoms with Gasteiger partial charge in [-0.25, -0.2) is 41.9 Å². The van der Waals surface area contributed by atoms with Gasteiger partial charge in [-0.1, -0.05) is 38.5 Å². The lowest BCUT2D eigenvalue weighted by Crippen LogP contribution is -2.46. The number of amides is 6. The molecule has 0 radical (unpaired) electrons. The number of carbonyl (C=O) groups excluding carboxylic acids is 9. The lowest BCUT2D eigenvalue weighted by atomic mass is 10.1. The van der Waals surface area contributed by atoms with Gasteiger partial charge in [-0.05, 0) is 122 Å². The van der Waals surface area contributed by atoms with Crippen LogP contribution in [0.1, 0.15) is 198 Å². The summed E-state index contributed by atoms with van der Waals surface area (Å²) in [7, 11) is 0. The summed E-state index contributed by atoms with van der Waals surface area (Å²) >= 11 is 0. The number of alkyl carbamates (subject to hydrolysis) is 3. The fourth-order valence-corrected chi connectivity index (χ4v) is 10.9. The molecule has 3 fully saturated rings. The Morgan fingerprint density at radius 2 is 0.631 bits per heavy atom.